The van der Waals surface area contributed by atoms with E-state index in [9.17, 15) is 9.59 Å². The summed E-state index contributed by atoms with van der Waals surface area (Å²) in [7, 11) is 0. The van der Waals surface area contributed by atoms with Crippen molar-refractivity contribution in [3.63, 3.8) is 0 Å². The van der Waals surface area contributed by atoms with Gasteiger partial charge in [0, 0.05) is 28.6 Å². The Kier molecular flexibility index (Phi) is 7.75. The molecule has 0 saturated carbocycles. The van der Waals surface area contributed by atoms with E-state index in [2.05, 4.69) is 5.32 Å². The molecule has 0 aliphatic heterocycles. The lowest BCUT2D eigenvalue weighted by atomic mass is 10.1. The van der Waals surface area contributed by atoms with Crippen LogP contribution in [0.5, 0.6) is 5.75 Å². The van der Waals surface area contributed by atoms with E-state index >= 15 is 0 Å². The number of carbonyl (C=O) groups excluding carboxylic acids is 1. The zero-order chi connectivity index (χ0) is 18.9. The zero-order valence-corrected chi connectivity index (χ0v) is 15.5. The Bertz CT molecular complexity index is 780. The van der Waals surface area contributed by atoms with Crippen LogP contribution in [0.1, 0.15) is 24.0 Å². The number of carboxylic acid groups (broad SMARTS) is 1. The number of ether oxygens (including phenoxy) is 1. The minimum Gasteiger partial charge on any atom is -0.489 e. The molecule has 0 spiro atoms. The maximum Gasteiger partial charge on any atom is 0.303 e. The van der Waals surface area contributed by atoms with Crippen LogP contribution in [0, 0.1) is 0 Å². The number of nitrogens with one attached hydrogen (secondary N) is 1. The minimum absolute atomic E-state index is 0.0409. The van der Waals surface area contributed by atoms with Crippen molar-refractivity contribution in [3.05, 3.63) is 63.6 Å². The van der Waals surface area contributed by atoms with Gasteiger partial charge >= 0.3 is 5.97 Å². The molecule has 0 fully saturated rings. The van der Waals surface area contributed by atoms with Crippen molar-refractivity contribution in [3.8, 4) is 5.75 Å². The Hall–Kier alpha value is -2.24. The highest BCUT2D eigenvalue weighted by Gasteiger charge is 2.09. The highest BCUT2D eigenvalue weighted by Crippen LogP contribution is 2.25. The van der Waals surface area contributed by atoms with Gasteiger partial charge in [-0.1, -0.05) is 41.4 Å². The van der Waals surface area contributed by atoms with E-state index in [-0.39, 0.29) is 18.7 Å². The molecule has 7 heteroatoms. The molecule has 2 N–H and O–H groups in total. The topological polar surface area (TPSA) is 75.6 Å². The summed E-state index contributed by atoms with van der Waals surface area (Å²) in [5, 5.41) is 12.5. The fourth-order valence-electron chi connectivity index (χ4n) is 2.30. The van der Waals surface area contributed by atoms with Crippen LogP contribution in [0.2, 0.25) is 10.0 Å². The molecular weight excluding hydrogens is 377 g/mol. The van der Waals surface area contributed by atoms with Crippen LogP contribution in [0.25, 0.3) is 0 Å². The van der Waals surface area contributed by atoms with Crippen molar-refractivity contribution in [2.24, 2.45) is 0 Å². The molecular formula is C19H19Cl2NO4. The van der Waals surface area contributed by atoms with E-state index in [1.165, 1.54) is 0 Å². The lowest BCUT2D eigenvalue weighted by Gasteiger charge is -2.13. The van der Waals surface area contributed by atoms with Crippen molar-refractivity contribution < 1.29 is 19.4 Å². The molecule has 0 bridgehead atoms. The van der Waals surface area contributed by atoms with Gasteiger partial charge in [0.2, 0.25) is 5.91 Å². The predicted octanol–water partition coefficient (Wildman–Crippen LogP) is 4.10. The molecule has 5 nitrogen and oxygen atoms in total. The molecule has 26 heavy (non-hydrogen) atoms. The van der Waals surface area contributed by atoms with Crippen LogP contribution in [-0.2, 0) is 22.6 Å². The second-order valence-electron chi connectivity index (χ2n) is 5.63. The second-order valence-corrected chi connectivity index (χ2v) is 6.47. The van der Waals surface area contributed by atoms with Crippen LogP contribution in [0.15, 0.2) is 42.5 Å². The van der Waals surface area contributed by atoms with E-state index in [0.717, 1.165) is 11.1 Å². The number of aliphatic carboxylic acids is 1. The molecule has 2 rings (SSSR count). The van der Waals surface area contributed by atoms with E-state index in [1.807, 2.05) is 18.2 Å². The summed E-state index contributed by atoms with van der Waals surface area (Å²) in [6, 6.07) is 12.7. The van der Waals surface area contributed by atoms with E-state index in [4.69, 9.17) is 33.0 Å². The van der Waals surface area contributed by atoms with E-state index in [0.29, 0.717) is 35.4 Å². The van der Waals surface area contributed by atoms with Gasteiger partial charge < -0.3 is 15.2 Å². The molecule has 0 saturated heterocycles. The standard InChI is InChI=1S/C19H19Cl2NO4/c20-15-5-6-17(26-12-14-3-1-2-4-16(14)21)13(11-15)9-10-22-18(23)7-8-19(24)25/h1-6,11H,7-10,12H2,(H,22,23)(H,24,25). The van der Waals surface area contributed by atoms with Gasteiger partial charge in [0.1, 0.15) is 12.4 Å². The monoisotopic (exact) mass is 395 g/mol. The number of rotatable bonds is 9. The molecule has 0 atom stereocenters. The molecule has 138 valence electrons. The number of hydrogen-bond acceptors (Lipinski definition) is 3. The molecule has 1 amide bonds. The Labute approximate surface area is 161 Å². The first-order valence-corrected chi connectivity index (χ1v) is 8.84. The Morgan fingerprint density at radius 2 is 1.81 bits per heavy atom. The van der Waals surface area contributed by atoms with E-state index in [1.54, 1.807) is 24.3 Å². The van der Waals surface area contributed by atoms with Gasteiger partial charge in [-0.05, 0) is 36.2 Å². The largest absolute Gasteiger partial charge is 0.489 e. The molecule has 2 aromatic carbocycles. The van der Waals surface area contributed by atoms with Gasteiger partial charge in [0.15, 0.2) is 0 Å². The van der Waals surface area contributed by atoms with Crippen molar-refractivity contribution >= 4 is 35.1 Å². The fourth-order valence-corrected chi connectivity index (χ4v) is 2.69. The summed E-state index contributed by atoms with van der Waals surface area (Å²) in [5.74, 6) is -0.632. The number of carboxylic acids is 1. The summed E-state index contributed by atoms with van der Waals surface area (Å²) < 4.78 is 5.86. The molecule has 2 aromatic rings. The lowest BCUT2D eigenvalue weighted by Crippen LogP contribution is -2.26. The van der Waals surface area contributed by atoms with Crippen molar-refractivity contribution in [2.75, 3.05) is 6.54 Å². The molecule has 0 aromatic heterocycles. The number of amides is 1. The highest BCUT2D eigenvalue weighted by atomic mass is 35.5. The Balaban J connectivity index is 1.93. The third-order valence-electron chi connectivity index (χ3n) is 3.65. The van der Waals surface area contributed by atoms with Crippen molar-refractivity contribution in [1.29, 1.82) is 0 Å². The molecule has 0 heterocycles. The third kappa shape index (κ3) is 6.58. The summed E-state index contributed by atoms with van der Waals surface area (Å²) in [4.78, 5) is 22.1. The van der Waals surface area contributed by atoms with Crippen LogP contribution in [0.3, 0.4) is 0 Å². The van der Waals surface area contributed by atoms with Gasteiger partial charge in [0.25, 0.3) is 0 Å². The maximum absolute atomic E-state index is 11.6. The summed E-state index contributed by atoms with van der Waals surface area (Å²) in [6.45, 7) is 0.681. The van der Waals surface area contributed by atoms with Crippen LogP contribution < -0.4 is 10.1 Å². The average molecular weight is 396 g/mol. The van der Waals surface area contributed by atoms with Gasteiger partial charge in [-0.3, -0.25) is 9.59 Å². The van der Waals surface area contributed by atoms with Crippen molar-refractivity contribution in [2.45, 2.75) is 25.9 Å². The summed E-state index contributed by atoms with van der Waals surface area (Å²) in [5.41, 5.74) is 1.72. The molecule has 0 unspecified atom stereocenters. The van der Waals surface area contributed by atoms with Crippen LogP contribution >= 0.6 is 23.2 Å². The Morgan fingerprint density at radius 3 is 2.54 bits per heavy atom. The smallest absolute Gasteiger partial charge is 0.303 e. The van der Waals surface area contributed by atoms with Crippen LogP contribution in [-0.4, -0.2) is 23.5 Å². The normalized spacial score (nSPS) is 10.4. The Morgan fingerprint density at radius 1 is 1.04 bits per heavy atom. The van der Waals surface area contributed by atoms with Gasteiger partial charge in [0.05, 0.1) is 6.42 Å². The fraction of sp³-hybridized carbons (Fsp3) is 0.263. The number of halogens is 2. The second kappa shape index (κ2) is 10.0. The zero-order valence-electron chi connectivity index (χ0n) is 14.0. The van der Waals surface area contributed by atoms with Gasteiger partial charge in [-0.25, -0.2) is 0 Å². The number of hydrogen-bond donors (Lipinski definition) is 2. The third-order valence-corrected chi connectivity index (χ3v) is 4.25. The highest BCUT2D eigenvalue weighted by molar-refractivity contribution is 6.31. The lowest BCUT2D eigenvalue weighted by molar-refractivity contribution is -0.138. The molecule has 0 aliphatic carbocycles. The van der Waals surface area contributed by atoms with Gasteiger partial charge in [-0.2, -0.15) is 0 Å². The average Bonchev–Trinajstić information content (AvgIpc) is 2.60. The van der Waals surface area contributed by atoms with Gasteiger partial charge in [-0.15, -0.1) is 0 Å². The first kappa shape index (κ1) is 20.1. The number of benzene rings is 2. The predicted molar refractivity (Wildman–Crippen MR) is 101 cm³/mol. The summed E-state index contributed by atoms with van der Waals surface area (Å²) >= 11 is 12.2. The number of carbonyl (C=O) groups is 2. The molecule has 0 radical (unpaired) electrons. The minimum atomic E-state index is -0.995. The maximum atomic E-state index is 11.6. The molecule has 0 aliphatic rings. The first-order chi connectivity index (χ1) is 12.5. The quantitative estimate of drug-likeness (QED) is 0.669. The SMILES string of the molecule is O=C(O)CCC(=O)NCCc1cc(Cl)ccc1OCc1ccccc1Cl. The first-order valence-electron chi connectivity index (χ1n) is 8.09. The summed E-state index contributed by atoms with van der Waals surface area (Å²) in [6.07, 6.45) is 0.285. The van der Waals surface area contributed by atoms with Crippen LogP contribution in [0.4, 0.5) is 0 Å². The van der Waals surface area contributed by atoms with Crippen molar-refractivity contribution in [1.82, 2.24) is 5.32 Å². The van der Waals surface area contributed by atoms with E-state index < -0.39 is 5.97 Å².